The molecule has 1 saturated heterocycles. The highest BCUT2D eigenvalue weighted by atomic mass is 19.3. The first-order chi connectivity index (χ1) is 11.4. The standard InChI is InChI=1S/C6H8N2O2.C5H6F2N2O.2C2H6/c1-4-7-6(8-10-4)5-2-9-3-5;1-3-8-4(9-10-3)5(2,6)7;2*1-2/h5H,2-3H2,1H3;1-2H3;2*1-2H3. The Kier molecular flexibility index (Phi) is 9.94. The second-order valence-corrected chi connectivity index (χ2v) is 4.43. The summed E-state index contributed by atoms with van der Waals surface area (Å²) >= 11 is 0. The van der Waals surface area contributed by atoms with Gasteiger partial charge in [-0.3, -0.25) is 0 Å². The molecule has 1 aliphatic rings. The Morgan fingerprint density at radius 1 is 0.917 bits per heavy atom. The molecule has 7 nitrogen and oxygen atoms in total. The van der Waals surface area contributed by atoms with Crippen molar-refractivity contribution < 1.29 is 22.6 Å². The van der Waals surface area contributed by atoms with E-state index in [2.05, 4.69) is 24.8 Å². The maximum absolute atomic E-state index is 12.3. The van der Waals surface area contributed by atoms with Gasteiger partial charge in [0.25, 0.3) is 0 Å². The average molecular weight is 348 g/mol. The highest BCUT2D eigenvalue weighted by Crippen LogP contribution is 2.23. The van der Waals surface area contributed by atoms with Crippen LogP contribution in [0.4, 0.5) is 8.78 Å². The van der Waals surface area contributed by atoms with Crippen LogP contribution in [0.2, 0.25) is 0 Å². The topological polar surface area (TPSA) is 87.1 Å². The first-order valence-corrected chi connectivity index (χ1v) is 7.93. The lowest BCUT2D eigenvalue weighted by molar-refractivity contribution is 0.00401. The molecule has 0 amide bonds. The minimum absolute atomic E-state index is 0.150. The molecule has 0 atom stereocenters. The van der Waals surface area contributed by atoms with Crippen molar-refractivity contribution in [2.24, 2.45) is 0 Å². The summed E-state index contributed by atoms with van der Waals surface area (Å²) < 4.78 is 38.7. The predicted molar refractivity (Wildman–Crippen MR) is 83.9 cm³/mol. The Labute approximate surface area is 140 Å². The summed E-state index contributed by atoms with van der Waals surface area (Å²) in [5.41, 5.74) is 0. The molecular weight excluding hydrogens is 322 g/mol. The fraction of sp³-hybridized carbons (Fsp3) is 0.733. The second kappa shape index (κ2) is 10.8. The zero-order valence-corrected chi connectivity index (χ0v) is 15.3. The number of halogens is 2. The Balaban J connectivity index is 0.000000366. The Hall–Kier alpha value is -1.90. The van der Waals surface area contributed by atoms with Crippen molar-refractivity contribution in [3.05, 3.63) is 23.4 Å². The molecule has 3 heterocycles. The van der Waals surface area contributed by atoms with E-state index in [1.165, 1.54) is 6.92 Å². The molecule has 9 heteroatoms. The lowest BCUT2D eigenvalue weighted by Crippen LogP contribution is -2.26. The van der Waals surface area contributed by atoms with Crippen LogP contribution in [0.1, 0.15) is 64.0 Å². The van der Waals surface area contributed by atoms with E-state index in [4.69, 9.17) is 9.26 Å². The first-order valence-electron chi connectivity index (χ1n) is 7.93. The molecule has 24 heavy (non-hydrogen) atoms. The van der Waals surface area contributed by atoms with Crippen LogP contribution in [0.25, 0.3) is 0 Å². The maximum Gasteiger partial charge on any atom is 0.307 e. The van der Waals surface area contributed by atoms with Gasteiger partial charge in [0.15, 0.2) is 5.82 Å². The third kappa shape index (κ3) is 7.12. The van der Waals surface area contributed by atoms with E-state index in [0.717, 1.165) is 26.0 Å². The van der Waals surface area contributed by atoms with Crippen molar-refractivity contribution in [2.75, 3.05) is 13.2 Å². The smallest absolute Gasteiger partial charge is 0.307 e. The van der Waals surface area contributed by atoms with E-state index >= 15 is 0 Å². The number of aromatic nitrogens is 4. The van der Waals surface area contributed by atoms with E-state index in [1.807, 2.05) is 27.7 Å². The van der Waals surface area contributed by atoms with Gasteiger partial charge in [-0.25, -0.2) is 0 Å². The van der Waals surface area contributed by atoms with E-state index in [-0.39, 0.29) is 5.89 Å². The SMILES string of the molecule is CC.CC.Cc1nc(C(C)(F)F)no1.Cc1nc(C2COC2)no1. The monoisotopic (exact) mass is 348 g/mol. The van der Waals surface area contributed by atoms with E-state index in [1.54, 1.807) is 6.92 Å². The number of hydrogen-bond donors (Lipinski definition) is 0. The van der Waals surface area contributed by atoms with Gasteiger partial charge in [0.2, 0.25) is 17.6 Å². The summed E-state index contributed by atoms with van der Waals surface area (Å²) in [4.78, 5) is 7.43. The number of alkyl halides is 2. The van der Waals surface area contributed by atoms with Crippen molar-refractivity contribution in [1.29, 1.82) is 0 Å². The largest absolute Gasteiger partial charge is 0.380 e. The number of ether oxygens (including phenoxy) is 1. The van der Waals surface area contributed by atoms with E-state index in [0.29, 0.717) is 11.8 Å². The van der Waals surface area contributed by atoms with Crippen LogP contribution >= 0.6 is 0 Å². The highest BCUT2D eigenvalue weighted by molar-refractivity contribution is 4.97. The summed E-state index contributed by atoms with van der Waals surface area (Å²) in [7, 11) is 0. The molecule has 138 valence electrons. The first kappa shape index (κ1) is 22.1. The molecule has 0 aliphatic carbocycles. The van der Waals surface area contributed by atoms with Crippen molar-refractivity contribution >= 4 is 0 Å². The molecule has 0 saturated carbocycles. The second-order valence-electron chi connectivity index (χ2n) is 4.43. The molecule has 1 fully saturated rings. The summed E-state index contributed by atoms with van der Waals surface area (Å²) in [5, 5.41) is 6.82. The fourth-order valence-electron chi connectivity index (χ4n) is 1.34. The maximum atomic E-state index is 12.3. The van der Waals surface area contributed by atoms with Crippen molar-refractivity contribution in [3.8, 4) is 0 Å². The minimum Gasteiger partial charge on any atom is -0.380 e. The number of aryl methyl sites for hydroxylation is 2. The molecule has 3 rings (SSSR count). The molecule has 0 unspecified atom stereocenters. The van der Waals surface area contributed by atoms with Crippen molar-refractivity contribution in [2.45, 2.75) is 60.3 Å². The molecule has 0 aromatic carbocycles. The quantitative estimate of drug-likeness (QED) is 0.809. The van der Waals surface area contributed by atoms with Gasteiger partial charge in [-0.05, 0) is 0 Å². The Morgan fingerprint density at radius 2 is 1.42 bits per heavy atom. The van der Waals surface area contributed by atoms with E-state index in [9.17, 15) is 8.78 Å². The molecule has 0 radical (unpaired) electrons. The van der Waals surface area contributed by atoms with Crippen LogP contribution in [-0.2, 0) is 10.7 Å². The van der Waals surface area contributed by atoms with Crippen LogP contribution in [0.3, 0.4) is 0 Å². The highest BCUT2D eigenvalue weighted by Gasteiger charge is 2.30. The fourth-order valence-corrected chi connectivity index (χ4v) is 1.34. The minimum atomic E-state index is -3.00. The zero-order valence-electron chi connectivity index (χ0n) is 15.3. The lowest BCUT2D eigenvalue weighted by atomic mass is 10.1. The van der Waals surface area contributed by atoms with Crippen molar-refractivity contribution in [1.82, 2.24) is 20.3 Å². The molecular formula is C15H26F2N4O3. The van der Waals surface area contributed by atoms with Crippen molar-refractivity contribution in [3.63, 3.8) is 0 Å². The van der Waals surface area contributed by atoms with Gasteiger partial charge in [0.1, 0.15) is 0 Å². The van der Waals surface area contributed by atoms with E-state index < -0.39 is 11.7 Å². The Bertz CT molecular complexity index is 563. The van der Waals surface area contributed by atoms with Gasteiger partial charge >= 0.3 is 5.92 Å². The third-order valence-corrected chi connectivity index (χ3v) is 2.47. The number of nitrogens with zero attached hydrogens (tertiary/aromatic N) is 4. The van der Waals surface area contributed by atoms with Gasteiger partial charge in [-0.1, -0.05) is 38.0 Å². The lowest BCUT2D eigenvalue weighted by Gasteiger charge is -2.21. The van der Waals surface area contributed by atoms with Crippen LogP contribution in [0, 0.1) is 13.8 Å². The third-order valence-electron chi connectivity index (χ3n) is 2.47. The number of rotatable bonds is 2. The molecule has 2 aromatic rings. The van der Waals surface area contributed by atoms with Gasteiger partial charge in [-0.2, -0.15) is 18.7 Å². The van der Waals surface area contributed by atoms with Crippen LogP contribution in [0.5, 0.6) is 0 Å². The van der Waals surface area contributed by atoms with Gasteiger partial charge < -0.3 is 13.8 Å². The summed E-state index contributed by atoms with van der Waals surface area (Å²) in [6, 6.07) is 0. The summed E-state index contributed by atoms with van der Waals surface area (Å²) in [6.45, 7) is 13.4. The number of hydrogen-bond acceptors (Lipinski definition) is 7. The molecule has 2 aromatic heterocycles. The van der Waals surface area contributed by atoms with Crippen LogP contribution in [-0.4, -0.2) is 33.5 Å². The predicted octanol–water partition coefficient (Wildman–Crippen LogP) is 4.03. The molecule has 0 N–H and O–H groups in total. The summed E-state index contributed by atoms with van der Waals surface area (Å²) in [6.07, 6.45) is 0. The van der Waals surface area contributed by atoms with Gasteiger partial charge in [0, 0.05) is 20.8 Å². The zero-order chi connectivity index (χ0) is 18.8. The average Bonchev–Trinajstić information content (AvgIpc) is 3.11. The Morgan fingerprint density at radius 3 is 1.67 bits per heavy atom. The van der Waals surface area contributed by atoms with Gasteiger partial charge in [-0.15, -0.1) is 0 Å². The molecule has 0 bridgehead atoms. The molecule has 1 aliphatic heterocycles. The van der Waals surface area contributed by atoms with Crippen LogP contribution < -0.4 is 0 Å². The van der Waals surface area contributed by atoms with Gasteiger partial charge in [0.05, 0.1) is 19.1 Å². The molecule has 0 spiro atoms. The summed E-state index contributed by atoms with van der Waals surface area (Å²) in [5.74, 6) is -1.64. The normalized spacial score (nSPS) is 13.4. The van der Waals surface area contributed by atoms with Crippen LogP contribution in [0.15, 0.2) is 9.05 Å².